The lowest BCUT2D eigenvalue weighted by atomic mass is 9.77. The maximum atomic E-state index is 13.6. The molecule has 2 aromatic rings. The van der Waals surface area contributed by atoms with Crippen molar-refractivity contribution in [2.75, 3.05) is 32.8 Å². The first-order valence-electron chi connectivity index (χ1n) is 15.2. The van der Waals surface area contributed by atoms with E-state index in [4.69, 9.17) is 4.74 Å². The van der Waals surface area contributed by atoms with Crippen LogP contribution in [0.4, 0.5) is 8.78 Å². The van der Waals surface area contributed by atoms with Gasteiger partial charge in [-0.1, -0.05) is 42.5 Å². The molecule has 0 radical (unpaired) electrons. The third kappa shape index (κ3) is 7.64. The first kappa shape index (κ1) is 29.5. The highest BCUT2D eigenvalue weighted by molar-refractivity contribution is 5.80. The number of hydrogen-bond acceptors (Lipinski definition) is 4. The molecule has 6 nitrogen and oxygen atoms in total. The van der Waals surface area contributed by atoms with E-state index in [0.29, 0.717) is 19.6 Å². The van der Waals surface area contributed by atoms with Gasteiger partial charge < -0.3 is 19.9 Å². The average molecular weight is 568 g/mol. The van der Waals surface area contributed by atoms with Crippen LogP contribution in [0.25, 0.3) is 0 Å². The molecule has 0 aromatic heterocycles. The minimum absolute atomic E-state index is 0.0366. The Morgan fingerprint density at radius 2 is 1.71 bits per heavy atom. The number of nitrogens with one attached hydrogen (secondary N) is 1. The van der Waals surface area contributed by atoms with Crippen LogP contribution in [0.15, 0.2) is 54.6 Å². The number of carbonyl (C=O) groups excluding carboxylic acids is 2. The molecule has 1 spiro atoms. The van der Waals surface area contributed by atoms with Gasteiger partial charge >= 0.3 is 0 Å². The van der Waals surface area contributed by atoms with E-state index in [-0.39, 0.29) is 54.9 Å². The number of ether oxygens (including phenoxy) is 1. The highest BCUT2D eigenvalue weighted by Crippen LogP contribution is 2.42. The van der Waals surface area contributed by atoms with Crippen LogP contribution in [-0.2, 0) is 16.1 Å². The molecule has 3 aliphatic rings. The SMILES string of the molecule is CCOc1ccc(CN2CC3(CCN(CC[C@H](NC(=O)C4CCC(F)(F)CC4)c4ccccc4)CC3)CC2=O)cc1. The summed E-state index contributed by atoms with van der Waals surface area (Å²) in [5, 5.41) is 3.19. The predicted molar refractivity (Wildman–Crippen MR) is 155 cm³/mol. The second kappa shape index (κ2) is 12.9. The zero-order valence-electron chi connectivity index (χ0n) is 24.1. The van der Waals surface area contributed by atoms with Crippen LogP contribution in [-0.4, -0.2) is 60.3 Å². The van der Waals surface area contributed by atoms with Gasteiger partial charge in [0.05, 0.1) is 12.6 Å². The smallest absolute Gasteiger partial charge is 0.248 e. The van der Waals surface area contributed by atoms with Crippen molar-refractivity contribution in [2.45, 2.75) is 76.8 Å². The van der Waals surface area contributed by atoms with Gasteiger partial charge in [-0.2, -0.15) is 0 Å². The fourth-order valence-corrected chi connectivity index (χ4v) is 6.70. The number of alkyl halides is 2. The summed E-state index contributed by atoms with van der Waals surface area (Å²) in [6.45, 7) is 6.73. The number of rotatable bonds is 10. The van der Waals surface area contributed by atoms with Gasteiger partial charge in [0.1, 0.15) is 5.75 Å². The maximum Gasteiger partial charge on any atom is 0.248 e. The molecule has 41 heavy (non-hydrogen) atoms. The number of benzene rings is 2. The van der Waals surface area contributed by atoms with Gasteiger partial charge in [-0.15, -0.1) is 0 Å². The number of carbonyl (C=O) groups is 2. The van der Waals surface area contributed by atoms with Crippen LogP contribution in [0.1, 0.15) is 75.5 Å². The molecule has 0 bridgehead atoms. The molecule has 2 saturated heterocycles. The van der Waals surface area contributed by atoms with Crippen molar-refractivity contribution in [2.24, 2.45) is 11.3 Å². The van der Waals surface area contributed by atoms with Crippen molar-refractivity contribution in [3.8, 4) is 5.75 Å². The summed E-state index contributed by atoms with van der Waals surface area (Å²) in [7, 11) is 0. The molecular formula is C33H43F2N3O3. The lowest BCUT2D eigenvalue weighted by Gasteiger charge is -2.39. The largest absolute Gasteiger partial charge is 0.494 e. The van der Waals surface area contributed by atoms with Crippen molar-refractivity contribution in [3.63, 3.8) is 0 Å². The molecule has 0 unspecified atom stereocenters. The number of likely N-dealkylation sites (tertiary alicyclic amines) is 2. The zero-order chi connectivity index (χ0) is 28.9. The van der Waals surface area contributed by atoms with Gasteiger partial charge in [-0.05, 0) is 80.8 Å². The number of halogens is 2. The van der Waals surface area contributed by atoms with Crippen molar-refractivity contribution < 1.29 is 23.1 Å². The molecule has 2 aliphatic heterocycles. The number of amides is 2. The molecule has 2 aromatic carbocycles. The molecule has 222 valence electrons. The fourth-order valence-electron chi connectivity index (χ4n) is 6.70. The normalized spacial score (nSPS) is 21.6. The summed E-state index contributed by atoms with van der Waals surface area (Å²) in [4.78, 5) is 30.4. The van der Waals surface area contributed by atoms with Crippen LogP contribution in [0.3, 0.4) is 0 Å². The molecule has 2 heterocycles. The Morgan fingerprint density at radius 3 is 2.37 bits per heavy atom. The molecule has 1 N–H and O–H groups in total. The van der Waals surface area contributed by atoms with E-state index < -0.39 is 5.92 Å². The second-order valence-electron chi connectivity index (χ2n) is 12.2. The summed E-state index contributed by atoms with van der Waals surface area (Å²) in [5.41, 5.74) is 2.20. The lowest BCUT2D eigenvalue weighted by Crippen LogP contribution is -2.43. The highest BCUT2D eigenvalue weighted by atomic mass is 19.3. The summed E-state index contributed by atoms with van der Waals surface area (Å²) < 4.78 is 32.8. The summed E-state index contributed by atoms with van der Waals surface area (Å²) in [5.74, 6) is -2.01. The van der Waals surface area contributed by atoms with Gasteiger partial charge in [-0.25, -0.2) is 8.78 Å². The molecule has 2 amide bonds. The number of piperidine rings is 1. The van der Waals surface area contributed by atoms with Gasteiger partial charge in [0.2, 0.25) is 17.7 Å². The van der Waals surface area contributed by atoms with Crippen LogP contribution >= 0.6 is 0 Å². The van der Waals surface area contributed by atoms with E-state index in [9.17, 15) is 18.4 Å². The van der Waals surface area contributed by atoms with Gasteiger partial charge in [-0.3, -0.25) is 9.59 Å². The molecule has 3 fully saturated rings. The Kier molecular flexibility index (Phi) is 9.27. The fraction of sp³-hybridized carbons (Fsp3) is 0.576. The van der Waals surface area contributed by atoms with Crippen molar-refractivity contribution in [1.29, 1.82) is 0 Å². The monoisotopic (exact) mass is 567 g/mol. The van der Waals surface area contributed by atoms with Crippen molar-refractivity contribution in [1.82, 2.24) is 15.1 Å². The van der Waals surface area contributed by atoms with E-state index in [2.05, 4.69) is 10.2 Å². The molecule has 1 atom stereocenters. The summed E-state index contributed by atoms with van der Waals surface area (Å²) >= 11 is 0. The number of hydrogen-bond donors (Lipinski definition) is 1. The van der Waals surface area contributed by atoms with Crippen LogP contribution in [0, 0.1) is 11.3 Å². The average Bonchev–Trinajstić information content (AvgIpc) is 3.27. The Balaban J connectivity index is 1.12. The minimum Gasteiger partial charge on any atom is -0.494 e. The van der Waals surface area contributed by atoms with Crippen LogP contribution < -0.4 is 10.1 Å². The topological polar surface area (TPSA) is 61.9 Å². The second-order valence-corrected chi connectivity index (χ2v) is 12.2. The van der Waals surface area contributed by atoms with Crippen LogP contribution in [0.5, 0.6) is 5.75 Å². The Hall–Kier alpha value is -3.00. The maximum absolute atomic E-state index is 13.6. The standard InChI is InChI=1S/C33H43F2N3O3/c1-2-41-28-10-8-25(9-11-28)23-38-24-32(22-30(38)39)17-20-37(21-18-32)19-14-29(26-6-4-3-5-7-26)36-31(40)27-12-15-33(34,35)16-13-27/h3-11,27,29H,2,12-24H2,1H3,(H,36,40)/t29-/m0/s1. The van der Waals surface area contributed by atoms with E-state index in [0.717, 1.165) is 62.3 Å². The van der Waals surface area contributed by atoms with E-state index in [1.807, 2.05) is 66.4 Å². The molecular weight excluding hydrogens is 524 g/mol. The van der Waals surface area contributed by atoms with Gasteiger partial charge in [0, 0.05) is 44.8 Å². The molecule has 1 aliphatic carbocycles. The lowest BCUT2D eigenvalue weighted by molar-refractivity contribution is -0.130. The quantitative estimate of drug-likeness (QED) is 0.384. The highest BCUT2D eigenvalue weighted by Gasteiger charge is 2.44. The predicted octanol–water partition coefficient (Wildman–Crippen LogP) is 5.97. The zero-order valence-corrected chi connectivity index (χ0v) is 24.1. The third-order valence-electron chi connectivity index (χ3n) is 9.27. The van der Waals surface area contributed by atoms with Crippen LogP contribution in [0.2, 0.25) is 0 Å². The van der Waals surface area contributed by atoms with E-state index in [1.165, 1.54) is 0 Å². The minimum atomic E-state index is -2.64. The summed E-state index contributed by atoms with van der Waals surface area (Å²) in [6.07, 6.45) is 3.39. The van der Waals surface area contributed by atoms with Crippen molar-refractivity contribution in [3.05, 3.63) is 65.7 Å². The Bertz CT molecular complexity index is 1160. The Labute approximate surface area is 242 Å². The molecule has 1 saturated carbocycles. The van der Waals surface area contributed by atoms with E-state index in [1.54, 1.807) is 0 Å². The first-order chi connectivity index (χ1) is 19.7. The van der Waals surface area contributed by atoms with Gasteiger partial charge in [0.15, 0.2) is 0 Å². The summed E-state index contributed by atoms with van der Waals surface area (Å²) in [6, 6.07) is 17.8. The Morgan fingerprint density at radius 1 is 1.02 bits per heavy atom. The third-order valence-corrected chi connectivity index (χ3v) is 9.27. The molecule has 8 heteroatoms. The first-order valence-corrected chi connectivity index (χ1v) is 15.2. The molecule has 5 rings (SSSR count). The van der Waals surface area contributed by atoms with Crippen molar-refractivity contribution >= 4 is 11.8 Å². The van der Waals surface area contributed by atoms with Gasteiger partial charge in [0.25, 0.3) is 0 Å². The number of nitrogens with zero attached hydrogens (tertiary/aromatic N) is 2. The van der Waals surface area contributed by atoms with E-state index >= 15 is 0 Å².